The minimum Gasteiger partial charge on any atom is -0.497 e. The predicted molar refractivity (Wildman–Crippen MR) is 80.0 cm³/mol. The number of nitrogens with zero attached hydrogens (tertiary/aromatic N) is 3. The van der Waals surface area contributed by atoms with Crippen molar-refractivity contribution in [2.45, 2.75) is 13.5 Å². The van der Waals surface area contributed by atoms with Crippen molar-refractivity contribution in [1.29, 1.82) is 0 Å². The molecule has 0 fully saturated rings. The minimum absolute atomic E-state index is 0.139. The predicted octanol–water partition coefficient (Wildman–Crippen LogP) is 1.83. The standard InChI is InChI=1S/C16H17N3O3/c1-11-3-6-14(18-17-11)16(20)19-7-8-22-15-9-13(21-2)5-4-12(15)10-19/h3-6,9H,7-8,10H2,1-2H3. The lowest BCUT2D eigenvalue weighted by Crippen LogP contribution is -2.33. The highest BCUT2D eigenvalue weighted by molar-refractivity contribution is 5.92. The van der Waals surface area contributed by atoms with Crippen LogP contribution in [0.25, 0.3) is 0 Å². The normalized spacial score (nSPS) is 13.8. The maximum atomic E-state index is 12.5. The molecule has 0 unspecified atom stereocenters. The van der Waals surface area contributed by atoms with Crippen LogP contribution < -0.4 is 9.47 Å². The third kappa shape index (κ3) is 2.86. The molecule has 0 radical (unpaired) electrons. The van der Waals surface area contributed by atoms with Crippen LogP contribution in [0.3, 0.4) is 0 Å². The quantitative estimate of drug-likeness (QED) is 0.846. The Morgan fingerprint density at radius 1 is 1.27 bits per heavy atom. The second-order valence-electron chi connectivity index (χ2n) is 5.11. The van der Waals surface area contributed by atoms with Crippen LogP contribution in [-0.4, -0.2) is 41.3 Å². The van der Waals surface area contributed by atoms with Crippen LogP contribution in [0.2, 0.25) is 0 Å². The van der Waals surface area contributed by atoms with Gasteiger partial charge in [-0.3, -0.25) is 4.79 Å². The summed E-state index contributed by atoms with van der Waals surface area (Å²) < 4.78 is 10.9. The fraction of sp³-hybridized carbons (Fsp3) is 0.312. The van der Waals surface area contributed by atoms with E-state index < -0.39 is 0 Å². The number of hydrogen-bond acceptors (Lipinski definition) is 5. The molecule has 0 spiro atoms. The van der Waals surface area contributed by atoms with Gasteiger partial charge in [-0.2, -0.15) is 5.10 Å². The number of aromatic nitrogens is 2. The molecule has 1 aliphatic heterocycles. The van der Waals surface area contributed by atoms with Gasteiger partial charge in [0.15, 0.2) is 5.69 Å². The zero-order valence-corrected chi connectivity index (χ0v) is 12.6. The highest BCUT2D eigenvalue weighted by atomic mass is 16.5. The molecule has 0 N–H and O–H groups in total. The number of amides is 1. The Bertz CT molecular complexity index is 686. The average molecular weight is 299 g/mol. The Kier molecular flexibility index (Phi) is 3.91. The molecule has 0 saturated carbocycles. The van der Waals surface area contributed by atoms with E-state index in [4.69, 9.17) is 9.47 Å². The van der Waals surface area contributed by atoms with E-state index in [0.29, 0.717) is 25.4 Å². The van der Waals surface area contributed by atoms with Crippen LogP contribution in [0.1, 0.15) is 21.7 Å². The summed E-state index contributed by atoms with van der Waals surface area (Å²) in [4.78, 5) is 14.3. The molecule has 22 heavy (non-hydrogen) atoms. The van der Waals surface area contributed by atoms with E-state index in [2.05, 4.69) is 10.2 Å². The molecule has 2 heterocycles. The molecule has 1 amide bonds. The van der Waals surface area contributed by atoms with Gasteiger partial charge in [0.05, 0.1) is 19.3 Å². The van der Waals surface area contributed by atoms with E-state index in [-0.39, 0.29) is 5.91 Å². The summed E-state index contributed by atoms with van der Waals surface area (Å²) in [6.45, 7) is 3.26. The first-order valence-corrected chi connectivity index (χ1v) is 7.06. The van der Waals surface area contributed by atoms with Crippen LogP contribution in [0, 0.1) is 6.92 Å². The molecule has 2 aromatic rings. The van der Waals surface area contributed by atoms with E-state index in [1.54, 1.807) is 24.1 Å². The highest BCUT2D eigenvalue weighted by Gasteiger charge is 2.22. The lowest BCUT2D eigenvalue weighted by Gasteiger charge is -2.19. The smallest absolute Gasteiger partial charge is 0.274 e. The van der Waals surface area contributed by atoms with Gasteiger partial charge < -0.3 is 14.4 Å². The number of methoxy groups -OCH3 is 1. The van der Waals surface area contributed by atoms with E-state index in [9.17, 15) is 4.79 Å². The third-order valence-corrected chi connectivity index (χ3v) is 3.56. The SMILES string of the molecule is COc1ccc2c(c1)OCCN(C(=O)c1ccc(C)nn1)C2. The molecular weight excluding hydrogens is 282 g/mol. The molecule has 0 aliphatic carbocycles. The largest absolute Gasteiger partial charge is 0.497 e. The number of rotatable bonds is 2. The van der Waals surface area contributed by atoms with E-state index in [0.717, 1.165) is 22.8 Å². The molecule has 6 nitrogen and oxygen atoms in total. The second kappa shape index (κ2) is 6.01. The first-order valence-electron chi connectivity index (χ1n) is 7.06. The molecule has 1 aromatic heterocycles. The zero-order chi connectivity index (χ0) is 15.5. The van der Waals surface area contributed by atoms with Crippen LogP contribution >= 0.6 is 0 Å². The van der Waals surface area contributed by atoms with Crippen molar-refractivity contribution >= 4 is 5.91 Å². The molecule has 1 aromatic carbocycles. The molecule has 0 saturated heterocycles. The van der Waals surface area contributed by atoms with Gasteiger partial charge in [-0.05, 0) is 31.2 Å². The number of aryl methyl sites for hydroxylation is 1. The second-order valence-corrected chi connectivity index (χ2v) is 5.11. The maximum Gasteiger partial charge on any atom is 0.274 e. The first kappa shape index (κ1) is 14.3. The topological polar surface area (TPSA) is 64.6 Å². The van der Waals surface area contributed by atoms with Gasteiger partial charge >= 0.3 is 0 Å². The van der Waals surface area contributed by atoms with Gasteiger partial charge in [0.1, 0.15) is 18.1 Å². The minimum atomic E-state index is -0.139. The van der Waals surface area contributed by atoms with Crippen molar-refractivity contribution in [3.8, 4) is 11.5 Å². The summed E-state index contributed by atoms with van der Waals surface area (Å²) in [5.74, 6) is 1.35. The van der Waals surface area contributed by atoms with Crippen LogP contribution in [0.4, 0.5) is 0 Å². The van der Waals surface area contributed by atoms with Gasteiger partial charge in [-0.25, -0.2) is 0 Å². The van der Waals surface area contributed by atoms with Crippen molar-refractivity contribution in [3.63, 3.8) is 0 Å². The summed E-state index contributed by atoms with van der Waals surface area (Å²) in [6, 6.07) is 9.11. The summed E-state index contributed by atoms with van der Waals surface area (Å²) in [6.07, 6.45) is 0. The van der Waals surface area contributed by atoms with Gasteiger partial charge in [0.25, 0.3) is 5.91 Å². The molecular formula is C16H17N3O3. The van der Waals surface area contributed by atoms with Gasteiger partial charge in [-0.15, -0.1) is 5.10 Å². The summed E-state index contributed by atoms with van der Waals surface area (Å²) in [5.41, 5.74) is 2.09. The van der Waals surface area contributed by atoms with Crippen LogP contribution in [0.15, 0.2) is 30.3 Å². The van der Waals surface area contributed by atoms with Gasteiger partial charge in [0, 0.05) is 18.2 Å². The maximum absolute atomic E-state index is 12.5. The summed E-state index contributed by atoms with van der Waals surface area (Å²) in [7, 11) is 1.62. The Labute approximate surface area is 128 Å². The van der Waals surface area contributed by atoms with Gasteiger partial charge in [0.2, 0.25) is 0 Å². The average Bonchev–Trinajstić information content (AvgIpc) is 2.76. The number of carbonyl (C=O) groups excluding carboxylic acids is 1. The highest BCUT2D eigenvalue weighted by Crippen LogP contribution is 2.28. The molecule has 1 aliphatic rings. The third-order valence-electron chi connectivity index (χ3n) is 3.56. The fourth-order valence-electron chi connectivity index (χ4n) is 2.33. The Balaban J connectivity index is 1.83. The van der Waals surface area contributed by atoms with Gasteiger partial charge in [-0.1, -0.05) is 0 Å². The van der Waals surface area contributed by atoms with Crippen molar-refractivity contribution in [1.82, 2.24) is 15.1 Å². The lowest BCUT2D eigenvalue weighted by atomic mass is 10.1. The zero-order valence-electron chi connectivity index (χ0n) is 12.6. The van der Waals surface area contributed by atoms with Crippen molar-refractivity contribution in [3.05, 3.63) is 47.3 Å². The molecule has 3 rings (SSSR count). The molecule has 114 valence electrons. The Morgan fingerprint density at radius 2 is 2.14 bits per heavy atom. The molecule has 0 atom stereocenters. The summed E-state index contributed by atoms with van der Waals surface area (Å²) in [5, 5.41) is 7.91. The van der Waals surface area contributed by atoms with E-state index in [1.165, 1.54) is 0 Å². The number of hydrogen-bond donors (Lipinski definition) is 0. The molecule has 0 bridgehead atoms. The van der Waals surface area contributed by atoms with Crippen molar-refractivity contribution in [2.24, 2.45) is 0 Å². The van der Waals surface area contributed by atoms with E-state index >= 15 is 0 Å². The fourth-order valence-corrected chi connectivity index (χ4v) is 2.33. The van der Waals surface area contributed by atoms with E-state index in [1.807, 2.05) is 25.1 Å². The Morgan fingerprint density at radius 3 is 2.86 bits per heavy atom. The summed E-state index contributed by atoms with van der Waals surface area (Å²) >= 11 is 0. The number of ether oxygens (including phenoxy) is 2. The lowest BCUT2D eigenvalue weighted by molar-refractivity contribution is 0.0726. The number of fused-ring (bicyclic) bond motifs is 1. The van der Waals surface area contributed by atoms with Crippen LogP contribution in [-0.2, 0) is 6.54 Å². The molecule has 6 heteroatoms. The van der Waals surface area contributed by atoms with Crippen molar-refractivity contribution in [2.75, 3.05) is 20.3 Å². The first-order chi connectivity index (χ1) is 10.7. The monoisotopic (exact) mass is 299 g/mol. The van der Waals surface area contributed by atoms with Crippen LogP contribution in [0.5, 0.6) is 11.5 Å². The Hall–Kier alpha value is -2.63. The number of benzene rings is 1. The van der Waals surface area contributed by atoms with Crippen molar-refractivity contribution < 1.29 is 14.3 Å². The number of carbonyl (C=O) groups is 1.